The van der Waals surface area contributed by atoms with Crippen LogP contribution in [0.25, 0.3) is 0 Å². The first-order valence-corrected chi connectivity index (χ1v) is 5.53. The third-order valence-corrected chi connectivity index (χ3v) is 3.00. The maximum atomic E-state index is 11.5. The standard InChI is InChI=1S/C9H11BrClN3O/c1-5(3-12)9(15)14-6-2-7(10)8(11)13-4-6/h2,4-5H,3,12H2,1H3,(H,14,15). The first kappa shape index (κ1) is 12.4. The SMILES string of the molecule is CC(CN)C(=O)Nc1cnc(Cl)c(Br)c1. The minimum Gasteiger partial charge on any atom is -0.330 e. The van der Waals surface area contributed by atoms with E-state index in [-0.39, 0.29) is 11.8 Å². The lowest BCUT2D eigenvalue weighted by Crippen LogP contribution is -2.26. The molecule has 0 aliphatic heterocycles. The van der Waals surface area contributed by atoms with E-state index in [4.69, 9.17) is 17.3 Å². The Morgan fingerprint density at radius 2 is 2.47 bits per heavy atom. The van der Waals surface area contributed by atoms with Gasteiger partial charge in [-0.15, -0.1) is 0 Å². The first-order chi connectivity index (χ1) is 7.04. The van der Waals surface area contributed by atoms with Crippen molar-refractivity contribution in [1.29, 1.82) is 0 Å². The summed E-state index contributed by atoms with van der Waals surface area (Å²) in [6.07, 6.45) is 1.49. The minimum absolute atomic E-state index is 0.131. The molecule has 1 amide bonds. The molecule has 1 aromatic heterocycles. The number of carbonyl (C=O) groups excluding carboxylic acids is 1. The van der Waals surface area contributed by atoms with E-state index in [2.05, 4.69) is 26.2 Å². The van der Waals surface area contributed by atoms with Gasteiger partial charge >= 0.3 is 0 Å². The molecule has 0 aliphatic rings. The summed E-state index contributed by atoms with van der Waals surface area (Å²) in [7, 11) is 0. The molecule has 6 heteroatoms. The minimum atomic E-state index is -0.223. The number of halogens is 2. The van der Waals surface area contributed by atoms with Crippen molar-refractivity contribution in [3.63, 3.8) is 0 Å². The summed E-state index contributed by atoms with van der Waals surface area (Å²) in [5.41, 5.74) is 5.97. The third kappa shape index (κ3) is 3.44. The van der Waals surface area contributed by atoms with Gasteiger partial charge in [-0.25, -0.2) is 4.98 Å². The van der Waals surface area contributed by atoms with E-state index in [1.165, 1.54) is 6.20 Å². The zero-order chi connectivity index (χ0) is 11.4. The summed E-state index contributed by atoms with van der Waals surface area (Å²) in [6, 6.07) is 1.69. The van der Waals surface area contributed by atoms with Crippen molar-refractivity contribution in [3.8, 4) is 0 Å². The van der Waals surface area contributed by atoms with Gasteiger partial charge in [0.25, 0.3) is 0 Å². The summed E-state index contributed by atoms with van der Waals surface area (Å²) >= 11 is 8.94. The second-order valence-electron chi connectivity index (χ2n) is 3.12. The molecular weight excluding hydrogens is 281 g/mol. The molecule has 0 aromatic carbocycles. The third-order valence-electron chi connectivity index (χ3n) is 1.86. The average Bonchev–Trinajstić information content (AvgIpc) is 2.22. The van der Waals surface area contributed by atoms with E-state index in [0.29, 0.717) is 21.9 Å². The number of anilines is 1. The molecule has 0 saturated carbocycles. The van der Waals surface area contributed by atoms with E-state index in [0.717, 1.165) is 0 Å². The van der Waals surface area contributed by atoms with Crippen molar-refractivity contribution in [2.24, 2.45) is 11.7 Å². The summed E-state index contributed by atoms with van der Waals surface area (Å²) in [4.78, 5) is 15.4. The van der Waals surface area contributed by atoms with Crippen molar-refractivity contribution in [2.45, 2.75) is 6.92 Å². The highest BCUT2D eigenvalue weighted by atomic mass is 79.9. The number of amides is 1. The summed E-state index contributed by atoms with van der Waals surface area (Å²) in [6.45, 7) is 2.07. The van der Waals surface area contributed by atoms with Crippen LogP contribution in [-0.4, -0.2) is 17.4 Å². The number of aromatic nitrogens is 1. The van der Waals surface area contributed by atoms with Crippen LogP contribution in [0.3, 0.4) is 0 Å². The van der Waals surface area contributed by atoms with Crippen LogP contribution in [0.5, 0.6) is 0 Å². The molecule has 4 nitrogen and oxygen atoms in total. The number of pyridine rings is 1. The van der Waals surface area contributed by atoms with Crippen molar-refractivity contribution in [1.82, 2.24) is 4.98 Å². The van der Waals surface area contributed by atoms with Crippen LogP contribution >= 0.6 is 27.5 Å². The maximum absolute atomic E-state index is 11.5. The van der Waals surface area contributed by atoms with Gasteiger partial charge in [-0.1, -0.05) is 18.5 Å². The quantitative estimate of drug-likeness (QED) is 0.838. The molecule has 0 bridgehead atoms. The monoisotopic (exact) mass is 291 g/mol. The smallest absolute Gasteiger partial charge is 0.228 e. The first-order valence-electron chi connectivity index (χ1n) is 4.36. The normalized spacial score (nSPS) is 12.3. The largest absolute Gasteiger partial charge is 0.330 e. The zero-order valence-corrected chi connectivity index (χ0v) is 10.5. The van der Waals surface area contributed by atoms with Crippen LogP contribution in [0.1, 0.15) is 6.92 Å². The summed E-state index contributed by atoms with van der Waals surface area (Å²) in [5, 5.41) is 3.05. The van der Waals surface area contributed by atoms with Gasteiger partial charge in [0.15, 0.2) is 0 Å². The van der Waals surface area contributed by atoms with Crippen LogP contribution in [0.15, 0.2) is 16.7 Å². The van der Waals surface area contributed by atoms with E-state index in [1.807, 2.05) is 0 Å². The van der Waals surface area contributed by atoms with Gasteiger partial charge in [-0.3, -0.25) is 4.79 Å². The molecular formula is C9H11BrClN3O. The summed E-state index contributed by atoms with van der Waals surface area (Å²) < 4.78 is 0.641. The number of rotatable bonds is 3. The molecule has 0 aliphatic carbocycles. The lowest BCUT2D eigenvalue weighted by Gasteiger charge is -2.09. The number of hydrogen-bond donors (Lipinski definition) is 2. The van der Waals surface area contributed by atoms with Gasteiger partial charge in [0.2, 0.25) is 5.91 Å². The van der Waals surface area contributed by atoms with Gasteiger partial charge in [-0.2, -0.15) is 0 Å². The zero-order valence-electron chi connectivity index (χ0n) is 8.13. The van der Waals surface area contributed by atoms with Crippen LogP contribution in [0, 0.1) is 5.92 Å². The number of nitrogens with one attached hydrogen (secondary N) is 1. The predicted octanol–water partition coefficient (Wildman–Crippen LogP) is 2.03. The van der Waals surface area contributed by atoms with Crippen molar-refractivity contribution < 1.29 is 4.79 Å². The molecule has 1 heterocycles. The molecule has 0 saturated heterocycles. The van der Waals surface area contributed by atoms with Gasteiger partial charge in [-0.05, 0) is 22.0 Å². The molecule has 1 aromatic rings. The molecule has 82 valence electrons. The lowest BCUT2D eigenvalue weighted by molar-refractivity contribution is -0.119. The Hall–Kier alpha value is -0.650. The van der Waals surface area contributed by atoms with Gasteiger partial charge < -0.3 is 11.1 Å². The van der Waals surface area contributed by atoms with Gasteiger partial charge in [0.1, 0.15) is 5.15 Å². The van der Waals surface area contributed by atoms with E-state index in [9.17, 15) is 4.79 Å². The van der Waals surface area contributed by atoms with Crippen LogP contribution < -0.4 is 11.1 Å². The molecule has 3 N–H and O–H groups in total. The van der Waals surface area contributed by atoms with Crippen LogP contribution in [0.4, 0.5) is 5.69 Å². The lowest BCUT2D eigenvalue weighted by atomic mass is 10.1. The number of hydrogen-bond acceptors (Lipinski definition) is 3. The molecule has 1 unspecified atom stereocenters. The van der Waals surface area contributed by atoms with Gasteiger partial charge in [0, 0.05) is 12.5 Å². The average molecular weight is 293 g/mol. The van der Waals surface area contributed by atoms with E-state index >= 15 is 0 Å². The molecule has 0 fully saturated rings. The Kier molecular flexibility index (Phi) is 4.50. The Labute approximate surface area is 101 Å². The highest BCUT2D eigenvalue weighted by Crippen LogP contribution is 2.22. The number of nitrogens with two attached hydrogens (primary N) is 1. The van der Waals surface area contributed by atoms with Crippen molar-refractivity contribution in [3.05, 3.63) is 21.9 Å². The predicted molar refractivity (Wildman–Crippen MR) is 63.8 cm³/mol. The van der Waals surface area contributed by atoms with E-state index in [1.54, 1.807) is 13.0 Å². The van der Waals surface area contributed by atoms with E-state index < -0.39 is 0 Å². The fourth-order valence-corrected chi connectivity index (χ4v) is 1.31. The van der Waals surface area contributed by atoms with Crippen molar-refractivity contribution in [2.75, 3.05) is 11.9 Å². The van der Waals surface area contributed by atoms with Crippen LogP contribution in [0.2, 0.25) is 5.15 Å². The Balaban J connectivity index is 2.73. The fourth-order valence-electron chi connectivity index (χ4n) is 0.862. The van der Waals surface area contributed by atoms with Crippen LogP contribution in [-0.2, 0) is 4.79 Å². The van der Waals surface area contributed by atoms with Crippen molar-refractivity contribution >= 4 is 39.1 Å². The Morgan fingerprint density at radius 3 is 3.00 bits per heavy atom. The molecule has 1 rings (SSSR count). The van der Waals surface area contributed by atoms with Gasteiger partial charge in [0.05, 0.1) is 16.4 Å². The number of nitrogens with zero attached hydrogens (tertiary/aromatic N) is 1. The fraction of sp³-hybridized carbons (Fsp3) is 0.333. The Morgan fingerprint density at radius 1 is 1.80 bits per heavy atom. The molecule has 15 heavy (non-hydrogen) atoms. The maximum Gasteiger partial charge on any atom is 0.228 e. The summed E-state index contributed by atoms with van der Waals surface area (Å²) in [5.74, 6) is -0.354. The highest BCUT2D eigenvalue weighted by molar-refractivity contribution is 9.10. The molecule has 0 spiro atoms. The second-order valence-corrected chi connectivity index (χ2v) is 4.33. The topological polar surface area (TPSA) is 68.0 Å². The Bertz CT molecular complexity index is 372. The highest BCUT2D eigenvalue weighted by Gasteiger charge is 2.11. The molecule has 0 radical (unpaired) electrons. The number of carbonyl (C=O) groups is 1. The molecule has 1 atom stereocenters. The second kappa shape index (κ2) is 5.44.